The molecule has 15 heavy (non-hydrogen) atoms. The van der Waals surface area contributed by atoms with Crippen molar-refractivity contribution in [3.8, 4) is 0 Å². The predicted octanol–water partition coefficient (Wildman–Crippen LogP) is 2.34. The summed E-state index contributed by atoms with van der Waals surface area (Å²) in [5, 5.41) is 0. The van der Waals surface area contributed by atoms with Crippen LogP contribution in [0.3, 0.4) is 0 Å². The molecule has 2 heteroatoms. The summed E-state index contributed by atoms with van der Waals surface area (Å²) < 4.78 is 2.78. The first-order valence-electron chi connectivity index (χ1n) is 5.03. The summed E-state index contributed by atoms with van der Waals surface area (Å²) in [5.74, 6) is 0. The van der Waals surface area contributed by atoms with Crippen LogP contribution in [0.25, 0.3) is 0 Å². The van der Waals surface area contributed by atoms with Crippen LogP contribution in [0.4, 0.5) is 0 Å². The van der Waals surface area contributed by atoms with Gasteiger partial charge in [0.05, 0.1) is 0 Å². The second-order valence-corrected chi connectivity index (χ2v) is 15.3. The van der Waals surface area contributed by atoms with Gasteiger partial charge in [0, 0.05) is 0 Å². The van der Waals surface area contributed by atoms with Gasteiger partial charge < -0.3 is 0 Å². The zero-order valence-corrected chi connectivity index (χ0v) is 13.9. The molecule has 0 saturated heterocycles. The molecule has 0 bridgehead atoms. The third kappa shape index (κ3) is 2.61. The van der Waals surface area contributed by atoms with Crippen molar-refractivity contribution in [3.05, 3.63) is 60.2 Å². The van der Waals surface area contributed by atoms with E-state index >= 15 is 0 Å². The molecule has 0 saturated carbocycles. The van der Waals surface area contributed by atoms with Gasteiger partial charge in [0.25, 0.3) is 0 Å². The molecule has 2 rings (SSSR count). The molecular formula is C13H12ClTl. The molecule has 0 aliphatic heterocycles. The minimum absolute atomic E-state index is 1.34. The van der Waals surface area contributed by atoms with Gasteiger partial charge in [0.1, 0.15) is 0 Å². The molecule has 0 N–H and O–H groups in total. The molecule has 0 aliphatic rings. The van der Waals surface area contributed by atoms with Crippen molar-refractivity contribution in [2.75, 3.05) is 0 Å². The van der Waals surface area contributed by atoms with E-state index in [0.717, 1.165) is 0 Å². The molecule has 0 aliphatic carbocycles. The number of halogens is 1. The van der Waals surface area contributed by atoms with Crippen molar-refractivity contribution in [3.63, 3.8) is 0 Å². The van der Waals surface area contributed by atoms with Gasteiger partial charge in [-0.1, -0.05) is 0 Å². The van der Waals surface area contributed by atoms with Crippen LogP contribution >= 0.6 is 8.32 Å². The molecular weight excluding hydrogens is 396 g/mol. The summed E-state index contributed by atoms with van der Waals surface area (Å²) in [7, 11) is 6.66. The molecule has 2 aromatic rings. The topological polar surface area (TPSA) is 0 Å². The van der Waals surface area contributed by atoms with Crippen LogP contribution < -0.4 is 6.25 Å². The fraction of sp³-hybridized carbons (Fsp3) is 0.0769. The molecule has 74 valence electrons. The van der Waals surface area contributed by atoms with Gasteiger partial charge in [0.15, 0.2) is 0 Å². The number of hydrogen-bond acceptors (Lipinski definition) is 0. The van der Waals surface area contributed by atoms with E-state index in [9.17, 15) is 0 Å². The number of benzene rings is 2. The molecule has 0 atom stereocenters. The monoisotopic (exact) mass is 408 g/mol. The summed E-state index contributed by atoms with van der Waals surface area (Å²) in [6, 6.07) is 19.0. The van der Waals surface area contributed by atoms with Crippen molar-refractivity contribution < 1.29 is 0 Å². The zero-order chi connectivity index (χ0) is 10.7. The van der Waals surface area contributed by atoms with E-state index < -0.39 is 21.5 Å². The van der Waals surface area contributed by atoms with Gasteiger partial charge in [0.2, 0.25) is 0 Å². The van der Waals surface area contributed by atoms with Crippen molar-refractivity contribution in [1.82, 2.24) is 0 Å². The van der Waals surface area contributed by atoms with Gasteiger partial charge in [-0.3, -0.25) is 0 Å². The Morgan fingerprint density at radius 2 is 1.47 bits per heavy atom. The summed E-state index contributed by atoms with van der Waals surface area (Å²) in [5.41, 5.74) is 1.34. The van der Waals surface area contributed by atoms with Crippen LogP contribution in [0.2, 0.25) is 0 Å². The van der Waals surface area contributed by atoms with E-state index in [1.54, 1.807) is 0 Å². The Bertz CT molecular complexity index is 439. The molecule has 0 unspecified atom stereocenters. The van der Waals surface area contributed by atoms with Crippen LogP contribution in [0.15, 0.2) is 54.6 Å². The van der Waals surface area contributed by atoms with Crippen molar-refractivity contribution in [2.24, 2.45) is 0 Å². The summed E-state index contributed by atoms with van der Waals surface area (Å²) in [6.45, 7) is 2.15. The van der Waals surface area contributed by atoms with Crippen molar-refractivity contribution >= 4 is 36.0 Å². The van der Waals surface area contributed by atoms with E-state index in [0.29, 0.717) is 0 Å². The Balaban J connectivity index is 2.37. The van der Waals surface area contributed by atoms with Crippen molar-refractivity contribution in [1.29, 1.82) is 0 Å². The fourth-order valence-electron chi connectivity index (χ4n) is 1.67. The molecule has 0 spiro atoms. The maximum absolute atomic E-state index is 6.66. The Labute approximate surface area is 102 Å². The minimum atomic E-state index is -2.35. The van der Waals surface area contributed by atoms with E-state index in [-0.39, 0.29) is 0 Å². The Morgan fingerprint density at radius 1 is 0.867 bits per heavy atom. The number of aryl methyl sites for hydroxylation is 1. The van der Waals surface area contributed by atoms with Crippen molar-refractivity contribution in [2.45, 2.75) is 6.92 Å². The number of rotatable bonds is 2. The van der Waals surface area contributed by atoms with E-state index in [1.165, 1.54) is 11.8 Å². The predicted molar refractivity (Wildman–Crippen MR) is 68.5 cm³/mol. The molecule has 0 fully saturated rings. The third-order valence-corrected chi connectivity index (χ3v) is 15.2. The van der Waals surface area contributed by atoms with Crippen LogP contribution in [-0.4, -0.2) is 21.5 Å². The quantitative estimate of drug-likeness (QED) is 0.670. The molecule has 0 aromatic heterocycles. The first kappa shape index (κ1) is 11.1. The van der Waals surface area contributed by atoms with Crippen LogP contribution in [0.5, 0.6) is 0 Å². The summed E-state index contributed by atoms with van der Waals surface area (Å²) in [4.78, 5) is 0. The third-order valence-electron chi connectivity index (χ3n) is 2.55. The first-order chi connectivity index (χ1) is 7.29. The van der Waals surface area contributed by atoms with Gasteiger partial charge in [-0.15, -0.1) is 0 Å². The Morgan fingerprint density at radius 3 is 2.13 bits per heavy atom. The van der Waals surface area contributed by atoms with Crippen LogP contribution in [0, 0.1) is 6.92 Å². The van der Waals surface area contributed by atoms with Crippen LogP contribution in [0.1, 0.15) is 5.56 Å². The summed E-state index contributed by atoms with van der Waals surface area (Å²) >= 11 is -2.35. The molecule has 2 aromatic carbocycles. The van der Waals surface area contributed by atoms with Gasteiger partial charge >= 0.3 is 103 Å². The SMILES string of the molecule is Cc1cccc[c]1[Tl]([Cl])[c]1ccccc1. The number of hydrogen-bond donors (Lipinski definition) is 0. The molecule has 0 amide bonds. The average molecular weight is 408 g/mol. The average Bonchev–Trinajstić information content (AvgIpc) is 2.30. The first-order valence-corrected chi connectivity index (χ1v) is 15.0. The second-order valence-electron chi connectivity index (χ2n) is 3.63. The van der Waals surface area contributed by atoms with Gasteiger partial charge in [-0.05, 0) is 0 Å². The van der Waals surface area contributed by atoms with Gasteiger partial charge in [-0.2, -0.15) is 0 Å². The molecule has 0 nitrogen and oxygen atoms in total. The Hall–Kier alpha value is -0.348. The van der Waals surface area contributed by atoms with Gasteiger partial charge in [-0.25, -0.2) is 0 Å². The normalized spacial score (nSPS) is 10.0. The second kappa shape index (κ2) is 5.12. The van der Waals surface area contributed by atoms with Crippen LogP contribution in [-0.2, 0) is 0 Å². The molecule has 0 heterocycles. The molecule has 0 radical (unpaired) electrons. The van der Waals surface area contributed by atoms with E-state index in [2.05, 4.69) is 55.5 Å². The maximum atomic E-state index is 6.66. The standard InChI is InChI=1S/C7H7.C6H5.ClH.Tl/c1-7-5-3-2-4-6-7;1-2-4-6-5-3-1;;/h2-5H,1H3;1-5H;1H;/q;;;+1/p-1. The van der Waals surface area contributed by atoms with E-state index in [4.69, 9.17) is 8.32 Å². The van der Waals surface area contributed by atoms with E-state index in [1.807, 2.05) is 6.07 Å². The zero-order valence-electron chi connectivity index (χ0n) is 8.65. The fourth-order valence-corrected chi connectivity index (χ4v) is 11.7. The summed E-state index contributed by atoms with van der Waals surface area (Å²) in [6.07, 6.45) is 0. The Kier molecular flexibility index (Phi) is 3.81.